The van der Waals surface area contributed by atoms with Crippen LogP contribution in [-0.2, 0) is 20.8 Å². The molecule has 0 radical (unpaired) electrons. The van der Waals surface area contributed by atoms with E-state index in [1.54, 1.807) is 0 Å². The minimum Gasteiger partial charge on any atom is -0.379 e. The average Bonchev–Trinajstić information content (AvgIpc) is 2.91. The maximum atomic E-state index is 13.5. The molecule has 218 valence electrons. The van der Waals surface area contributed by atoms with E-state index in [1.165, 1.54) is 0 Å². The molecule has 0 saturated heterocycles. The Balaban J connectivity index is 1.77. The number of halogens is 1. The second kappa shape index (κ2) is 13.8. The molecule has 3 aromatic rings. The SMILES string of the molecule is C[C@@H](NC(=O)[C@@H](NC(=O)[C@@](O)(CCCc1cccc(Cl)c1-c1ccccc1)CC(N)=O)C(C)(C)C)c1ccccc1. The molecule has 0 fully saturated rings. The zero-order valence-corrected chi connectivity index (χ0v) is 24.9. The van der Waals surface area contributed by atoms with E-state index in [9.17, 15) is 19.5 Å². The quantitative estimate of drug-likeness (QED) is 0.232. The summed E-state index contributed by atoms with van der Waals surface area (Å²) in [5.74, 6) is -2.02. The fourth-order valence-electron chi connectivity index (χ4n) is 4.91. The normalized spacial score (nSPS) is 14.4. The summed E-state index contributed by atoms with van der Waals surface area (Å²) in [5, 5.41) is 17.7. The summed E-state index contributed by atoms with van der Waals surface area (Å²) in [7, 11) is 0. The molecule has 0 aliphatic heterocycles. The van der Waals surface area contributed by atoms with Crippen molar-refractivity contribution < 1.29 is 19.5 Å². The number of aliphatic hydroxyl groups is 1. The maximum absolute atomic E-state index is 13.5. The Morgan fingerprint density at radius 3 is 2.10 bits per heavy atom. The third-order valence-electron chi connectivity index (χ3n) is 7.15. The Hall–Kier alpha value is -3.68. The Kier molecular flexibility index (Phi) is 10.7. The third kappa shape index (κ3) is 8.65. The molecule has 41 heavy (non-hydrogen) atoms. The number of rotatable bonds is 12. The molecule has 3 rings (SSSR count). The number of primary amides is 1. The molecule has 0 bridgehead atoms. The average molecular weight is 578 g/mol. The highest BCUT2D eigenvalue weighted by molar-refractivity contribution is 6.33. The van der Waals surface area contributed by atoms with Crippen molar-refractivity contribution in [1.29, 1.82) is 0 Å². The predicted octanol–water partition coefficient (Wildman–Crippen LogP) is 5.34. The van der Waals surface area contributed by atoms with E-state index in [1.807, 2.05) is 107 Å². The minimum atomic E-state index is -2.09. The molecule has 3 aromatic carbocycles. The van der Waals surface area contributed by atoms with E-state index in [-0.39, 0.29) is 12.5 Å². The lowest BCUT2D eigenvalue weighted by atomic mass is 9.84. The number of aryl methyl sites for hydroxylation is 1. The molecule has 0 spiro atoms. The number of carbonyl (C=O) groups excluding carboxylic acids is 3. The van der Waals surface area contributed by atoms with E-state index in [2.05, 4.69) is 10.6 Å². The highest BCUT2D eigenvalue weighted by Gasteiger charge is 2.42. The summed E-state index contributed by atoms with van der Waals surface area (Å²) in [5.41, 5.74) is 6.39. The van der Waals surface area contributed by atoms with Crippen LogP contribution in [0, 0.1) is 5.41 Å². The van der Waals surface area contributed by atoms with E-state index in [4.69, 9.17) is 17.3 Å². The second-order valence-corrected chi connectivity index (χ2v) is 12.0. The van der Waals surface area contributed by atoms with E-state index in [0.717, 1.165) is 22.3 Å². The molecule has 0 aliphatic rings. The Morgan fingerprint density at radius 1 is 0.902 bits per heavy atom. The number of carbonyl (C=O) groups is 3. The highest BCUT2D eigenvalue weighted by Crippen LogP contribution is 2.33. The van der Waals surface area contributed by atoms with Crippen molar-refractivity contribution in [2.24, 2.45) is 11.1 Å². The molecule has 8 heteroatoms. The standard InChI is InChI=1S/C33H40ClN3O4/c1-22(23-13-7-5-8-14-23)36-30(39)29(32(2,3)4)37-31(40)33(41,21-27(35)38)20-12-18-25-17-11-19-26(34)28(25)24-15-9-6-10-16-24/h5-11,13-17,19,22,29,41H,12,18,20-21H2,1-4H3,(H2,35,38)(H,36,39)(H,37,40)/t22-,29-,33-/m1/s1. The third-order valence-corrected chi connectivity index (χ3v) is 7.47. The number of hydrogen-bond acceptors (Lipinski definition) is 4. The van der Waals surface area contributed by atoms with Gasteiger partial charge in [0.1, 0.15) is 6.04 Å². The van der Waals surface area contributed by atoms with Crippen molar-refractivity contribution in [2.45, 2.75) is 71.1 Å². The Morgan fingerprint density at radius 2 is 1.51 bits per heavy atom. The van der Waals surface area contributed by atoms with Gasteiger partial charge in [0.25, 0.3) is 5.91 Å². The summed E-state index contributed by atoms with van der Waals surface area (Å²) in [6.45, 7) is 7.32. The summed E-state index contributed by atoms with van der Waals surface area (Å²) >= 11 is 6.54. The van der Waals surface area contributed by atoms with Crippen LogP contribution in [-0.4, -0.2) is 34.5 Å². The smallest absolute Gasteiger partial charge is 0.253 e. The molecule has 0 unspecified atom stereocenters. The minimum absolute atomic E-state index is 0.0403. The van der Waals surface area contributed by atoms with Gasteiger partial charge in [-0.05, 0) is 54.4 Å². The van der Waals surface area contributed by atoms with Crippen LogP contribution in [0.2, 0.25) is 5.02 Å². The molecule has 3 amide bonds. The Labute approximate surface area is 247 Å². The van der Waals surface area contributed by atoms with Crippen molar-refractivity contribution in [2.75, 3.05) is 0 Å². The second-order valence-electron chi connectivity index (χ2n) is 11.6. The molecule has 7 nitrogen and oxygen atoms in total. The summed E-state index contributed by atoms with van der Waals surface area (Å²) in [4.78, 5) is 38.8. The number of amides is 3. The number of benzene rings is 3. The fraction of sp³-hybridized carbons (Fsp3) is 0.364. The van der Waals surface area contributed by atoms with Gasteiger partial charge in [-0.3, -0.25) is 14.4 Å². The molecular weight excluding hydrogens is 538 g/mol. The number of nitrogens with two attached hydrogens (primary N) is 1. The van der Waals surface area contributed by atoms with Crippen molar-refractivity contribution in [3.8, 4) is 11.1 Å². The van der Waals surface area contributed by atoms with Crippen LogP contribution in [0.15, 0.2) is 78.9 Å². The van der Waals surface area contributed by atoms with Crippen molar-refractivity contribution in [3.05, 3.63) is 95.0 Å². The van der Waals surface area contributed by atoms with Crippen molar-refractivity contribution in [3.63, 3.8) is 0 Å². The van der Waals surface area contributed by atoms with Gasteiger partial charge in [0.05, 0.1) is 12.5 Å². The van der Waals surface area contributed by atoms with Crippen LogP contribution in [0.4, 0.5) is 0 Å². The summed E-state index contributed by atoms with van der Waals surface area (Å²) < 4.78 is 0. The van der Waals surface area contributed by atoms with Gasteiger partial charge in [-0.25, -0.2) is 0 Å². The lowest BCUT2D eigenvalue weighted by Gasteiger charge is -2.35. The molecular formula is C33H40ClN3O4. The maximum Gasteiger partial charge on any atom is 0.253 e. The monoisotopic (exact) mass is 577 g/mol. The van der Waals surface area contributed by atoms with Crippen LogP contribution in [0.25, 0.3) is 11.1 Å². The lowest BCUT2D eigenvalue weighted by Crippen LogP contribution is -2.59. The number of nitrogens with one attached hydrogen (secondary N) is 2. The summed E-state index contributed by atoms with van der Waals surface area (Å²) in [6.07, 6.45) is 0.256. The van der Waals surface area contributed by atoms with Gasteiger partial charge in [-0.1, -0.05) is 105 Å². The van der Waals surface area contributed by atoms with Crippen LogP contribution >= 0.6 is 11.6 Å². The van der Waals surface area contributed by atoms with E-state index < -0.39 is 41.2 Å². The van der Waals surface area contributed by atoms with Gasteiger partial charge >= 0.3 is 0 Å². The van der Waals surface area contributed by atoms with Gasteiger partial charge < -0.3 is 21.5 Å². The first-order chi connectivity index (χ1) is 19.3. The van der Waals surface area contributed by atoms with Gasteiger partial charge in [0.2, 0.25) is 11.8 Å². The van der Waals surface area contributed by atoms with Gasteiger partial charge in [0, 0.05) is 10.6 Å². The zero-order chi connectivity index (χ0) is 30.2. The largest absolute Gasteiger partial charge is 0.379 e. The molecule has 0 heterocycles. The van der Waals surface area contributed by atoms with Crippen molar-refractivity contribution in [1.82, 2.24) is 10.6 Å². The van der Waals surface area contributed by atoms with Crippen LogP contribution < -0.4 is 16.4 Å². The number of hydrogen-bond donors (Lipinski definition) is 4. The highest BCUT2D eigenvalue weighted by atomic mass is 35.5. The molecule has 0 aliphatic carbocycles. The first-order valence-electron chi connectivity index (χ1n) is 13.8. The molecule has 0 aromatic heterocycles. The predicted molar refractivity (Wildman–Crippen MR) is 163 cm³/mol. The first kappa shape index (κ1) is 31.8. The van der Waals surface area contributed by atoms with Gasteiger partial charge in [-0.2, -0.15) is 0 Å². The van der Waals surface area contributed by atoms with Crippen LogP contribution in [0.1, 0.15) is 64.1 Å². The Bertz CT molecular complexity index is 1340. The molecule has 0 saturated carbocycles. The topological polar surface area (TPSA) is 122 Å². The fourth-order valence-corrected chi connectivity index (χ4v) is 5.21. The van der Waals surface area contributed by atoms with Gasteiger partial charge in [0.15, 0.2) is 5.60 Å². The molecule has 3 atom stereocenters. The van der Waals surface area contributed by atoms with E-state index in [0.29, 0.717) is 17.9 Å². The molecule has 5 N–H and O–H groups in total. The van der Waals surface area contributed by atoms with Crippen LogP contribution in [0.5, 0.6) is 0 Å². The van der Waals surface area contributed by atoms with E-state index >= 15 is 0 Å². The zero-order valence-electron chi connectivity index (χ0n) is 24.1. The van der Waals surface area contributed by atoms with Crippen LogP contribution in [0.3, 0.4) is 0 Å². The van der Waals surface area contributed by atoms with Gasteiger partial charge in [-0.15, -0.1) is 0 Å². The van der Waals surface area contributed by atoms with Crippen molar-refractivity contribution >= 4 is 29.3 Å². The lowest BCUT2D eigenvalue weighted by molar-refractivity contribution is -0.148. The first-order valence-corrected chi connectivity index (χ1v) is 14.2. The summed E-state index contributed by atoms with van der Waals surface area (Å²) in [6, 6.07) is 23.6.